The quantitative estimate of drug-likeness (QED) is 0.777. The van der Waals surface area contributed by atoms with E-state index < -0.39 is 12.0 Å². The van der Waals surface area contributed by atoms with Crippen molar-refractivity contribution in [1.82, 2.24) is 4.90 Å². The molecule has 0 aromatic heterocycles. The second-order valence-corrected chi connectivity index (χ2v) is 7.07. The average molecular weight is 367 g/mol. The summed E-state index contributed by atoms with van der Waals surface area (Å²) >= 11 is 0. The van der Waals surface area contributed by atoms with Crippen molar-refractivity contribution < 1.29 is 19.1 Å². The van der Waals surface area contributed by atoms with Crippen LogP contribution in [-0.4, -0.2) is 42.6 Å². The Morgan fingerprint density at radius 1 is 1.04 bits per heavy atom. The zero-order chi connectivity index (χ0) is 19.6. The van der Waals surface area contributed by atoms with Crippen LogP contribution in [0.2, 0.25) is 0 Å². The first-order valence-electron chi connectivity index (χ1n) is 9.09. The van der Waals surface area contributed by atoms with E-state index in [2.05, 4.69) is 12.1 Å². The third-order valence-corrected chi connectivity index (χ3v) is 4.91. The van der Waals surface area contributed by atoms with E-state index in [9.17, 15) is 9.59 Å². The van der Waals surface area contributed by atoms with Gasteiger partial charge < -0.3 is 14.4 Å². The third kappa shape index (κ3) is 3.97. The molecule has 1 heterocycles. The summed E-state index contributed by atoms with van der Waals surface area (Å²) in [6.45, 7) is 6.41. The molecule has 1 amide bonds. The smallest absolute Gasteiger partial charge is 0.328 e. The van der Waals surface area contributed by atoms with Gasteiger partial charge in [0.05, 0.1) is 13.7 Å². The molecule has 0 N–H and O–H groups in total. The molecular formula is C22H25NO4. The van der Waals surface area contributed by atoms with Crippen LogP contribution in [0.15, 0.2) is 42.5 Å². The van der Waals surface area contributed by atoms with Gasteiger partial charge >= 0.3 is 5.97 Å². The summed E-state index contributed by atoms with van der Waals surface area (Å²) in [5, 5.41) is 0. The molecule has 0 spiro atoms. The summed E-state index contributed by atoms with van der Waals surface area (Å²) in [4.78, 5) is 26.7. The SMILES string of the molecule is COC(=O)[C@@H]1C[C@@H](Oc2c(C)cc(C)cc2C)CN1C(=O)c1ccccc1. The van der Waals surface area contributed by atoms with E-state index in [-0.39, 0.29) is 12.0 Å². The first-order chi connectivity index (χ1) is 12.9. The summed E-state index contributed by atoms with van der Waals surface area (Å²) in [7, 11) is 1.34. The van der Waals surface area contributed by atoms with Crippen LogP contribution in [0, 0.1) is 20.8 Å². The summed E-state index contributed by atoms with van der Waals surface area (Å²) in [6, 6.07) is 12.5. The minimum absolute atomic E-state index is 0.186. The number of amides is 1. The Morgan fingerprint density at radius 2 is 1.67 bits per heavy atom. The summed E-state index contributed by atoms with van der Waals surface area (Å²) in [5.41, 5.74) is 3.83. The third-order valence-electron chi connectivity index (χ3n) is 4.91. The maximum atomic E-state index is 12.9. The molecule has 3 rings (SSSR count). The number of ether oxygens (including phenoxy) is 2. The number of nitrogens with zero attached hydrogens (tertiary/aromatic N) is 1. The maximum Gasteiger partial charge on any atom is 0.328 e. The highest BCUT2D eigenvalue weighted by atomic mass is 16.5. The van der Waals surface area contributed by atoms with Crippen molar-refractivity contribution in [2.24, 2.45) is 0 Å². The lowest BCUT2D eigenvalue weighted by atomic mass is 10.1. The Labute approximate surface area is 159 Å². The largest absolute Gasteiger partial charge is 0.488 e. The van der Waals surface area contributed by atoms with Crippen LogP contribution in [0.5, 0.6) is 5.75 Å². The van der Waals surface area contributed by atoms with Gasteiger partial charge in [-0.15, -0.1) is 0 Å². The molecule has 1 aliphatic heterocycles. The molecule has 0 radical (unpaired) electrons. The summed E-state index contributed by atoms with van der Waals surface area (Å²) in [5.74, 6) is 0.223. The van der Waals surface area contributed by atoms with Crippen molar-refractivity contribution in [3.8, 4) is 5.75 Å². The van der Waals surface area contributed by atoms with E-state index in [4.69, 9.17) is 9.47 Å². The molecule has 5 nitrogen and oxygen atoms in total. The predicted octanol–water partition coefficient (Wildman–Crippen LogP) is 3.45. The lowest BCUT2D eigenvalue weighted by Crippen LogP contribution is -2.41. The molecule has 0 unspecified atom stereocenters. The molecule has 0 aliphatic carbocycles. The number of likely N-dealkylation sites (tertiary alicyclic amines) is 1. The lowest BCUT2D eigenvalue weighted by molar-refractivity contribution is -0.145. The fourth-order valence-electron chi connectivity index (χ4n) is 3.73. The van der Waals surface area contributed by atoms with Crippen molar-refractivity contribution >= 4 is 11.9 Å². The second kappa shape index (κ2) is 7.82. The number of hydrogen-bond donors (Lipinski definition) is 0. The van der Waals surface area contributed by atoms with Crippen molar-refractivity contribution in [1.29, 1.82) is 0 Å². The van der Waals surface area contributed by atoms with Gasteiger partial charge in [-0.3, -0.25) is 4.79 Å². The van der Waals surface area contributed by atoms with Crippen LogP contribution in [0.25, 0.3) is 0 Å². The Kier molecular flexibility index (Phi) is 5.49. The number of esters is 1. The molecule has 5 heteroatoms. The topological polar surface area (TPSA) is 55.8 Å². The highest BCUT2D eigenvalue weighted by Crippen LogP contribution is 2.30. The van der Waals surface area contributed by atoms with Gasteiger partial charge in [-0.1, -0.05) is 35.9 Å². The van der Waals surface area contributed by atoms with Gasteiger partial charge in [0.15, 0.2) is 0 Å². The van der Waals surface area contributed by atoms with Crippen LogP contribution in [0.1, 0.15) is 33.5 Å². The van der Waals surface area contributed by atoms with Gasteiger partial charge in [-0.2, -0.15) is 0 Å². The number of carbonyl (C=O) groups is 2. The van der Waals surface area contributed by atoms with Crippen LogP contribution in [-0.2, 0) is 9.53 Å². The molecule has 2 aromatic carbocycles. The average Bonchev–Trinajstić information content (AvgIpc) is 3.08. The highest BCUT2D eigenvalue weighted by molar-refractivity contribution is 5.97. The van der Waals surface area contributed by atoms with Gasteiger partial charge in [0, 0.05) is 12.0 Å². The Bertz CT molecular complexity index is 824. The Balaban J connectivity index is 1.84. The molecule has 2 aromatic rings. The summed E-state index contributed by atoms with van der Waals surface area (Å²) in [6.07, 6.45) is 0.153. The van der Waals surface area contributed by atoms with E-state index in [1.165, 1.54) is 12.7 Å². The van der Waals surface area contributed by atoms with E-state index in [1.807, 2.05) is 39.0 Å². The van der Waals surface area contributed by atoms with Crippen LogP contribution in [0.3, 0.4) is 0 Å². The molecule has 2 atom stereocenters. The number of carbonyl (C=O) groups excluding carboxylic acids is 2. The Morgan fingerprint density at radius 3 is 2.26 bits per heavy atom. The van der Waals surface area contributed by atoms with Gasteiger partial charge in [0.25, 0.3) is 5.91 Å². The standard InChI is InChI=1S/C22H25NO4/c1-14-10-15(2)20(16(3)11-14)27-18-12-19(22(25)26-4)23(13-18)21(24)17-8-6-5-7-9-17/h5-11,18-19H,12-13H2,1-4H3/t18-,19+/m1/s1. The molecule has 0 bridgehead atoms. The lowest BCUT2D eigenvalue weighted by Gasteiger charge is -2.22. The van der Waals surface area contributed by atoms with E-state index in [0.717, 1.165) is 16.9 Å². The van der Waals surface area contributed by atoms with Crippen LogP contribution in [0.4, 0.5) is 0 Å². The second-order valence-electron chi connectivity index (χ2n) is 7.07. The predicted molar refractivity (Wildman–Crippen MR) is 103 cm³/mol. The van der Waals surface area contributed by atoms with E-state index >= 15 is 0 Å². The fourth-order valence-corrected chi connectivity index (χ4v) is 3.73. The van der Waals surface area contributed by atoms with Crippen LogP contribution < -0.4 is 4.74 Å². The van der Waals surface area contributed by atoms with Gasteiger partial charge in [0.2, 0.25) is 0 Å². The normalized spacial score (nSPS) is 19.0. The molecular weight excluding hydrogens is 342 g/mol. The number of rotatable bonds is 4. The molecule has 142 valence electrons. The highest BCUT2D eigenvalue weighted by Gasteiger charge is 2.42. The van der Waals surface area contributed by atoms with Crippen molar-refractivity contribution in [2.45, 2.75) is 39.3 Å². The first-order valence-corrected chi connectivity index (χ1v) is 9.09. The molecule has 1 aliphatic rings. The number of aryl methyl sites for hydroxylation is 3. The molecule has 1 fully saturated rings. The first kappa shape index (κ1) is 19.0. The zero-order valence-electron chi connectivity index (χ0n) is 16.2. The van der Waals surface area contributed by atoms with Gasteiger partial charge in [-0.25, -0.2) is 4.79 Å². The maximum absolute atomic E-state index is 12.9. The molecule has 1 saturated heterocycles. The monoisotopic (exact) mass is 367 g/mol. The number of methoxy groups -OCH3 is 1. The van der Waals surface area contributed by atoms with Crippen molar-refractivity contribution in [2.75, 3.05) is 13.7 Å². The number of benzene rings is 2. The fraction of sp³-hybridized carbons (Fsp3) is 0.364. The number of hydrogen-bond acceptors (Lipinski definition) is 4. The summed E-state index contributed by atoms with van der Waals surface area (Å²) < 4.78 is 11.2. The molecule has 0 saturated carbocycles. The Hall–Kier alpha value is -2.82. The zero-order valence-corrected chi connectivity index (χ0v) is 16.2. The van der Waals surface area contributed by atoms with Crippen LogP contribution >= 0.6 is 0 Å². The van der Waals surface area contributed by atoms with Crippen molar-refractivity contribution in [3.63, 3.8) is 0 Å². The van der Waals surface area contributed by atoms with Crippen molar-refractivity contribution in [3.05, 3.63) is 64.7 Å². The minimum Gasteiger partial charge on any atom is -0.488 e. The molecule has 27 heavy (non-hydrogen) atoms. The van der Waals surface area contributed by atoms with Gasteiger partial charge in [-0.05, 0) is 44.0 Å². The van der Waals surface area contributed by atoms with Gasteiger partial charge in [0.1, 0.15) is 17.9 Å². The van der Waals surface area contributed by atoms with E-state index in [1.54, 1.807) is 17.0 Å². The minimum atomic E-state index is -0.640. The van der Waals surface area contributed by atoms with E-state index in [0.29, 0.717) is 18.5 Å².